The Morgan fingerprint density at radius 1 is 1.60 bits per heavy atom. The lowest BCUT2D eigenvalue weighted by atomic mass is 10.1. The van der Waals surface area contributed by atoms with Gasteiger partial charge in [0.25, 0.3) is 0 Å². The molecule has 76 valence electrons. The van der Waals surface area contributed by atoms with Crippen molar-refractivity contribution in [3.05, 3.63) is 24.0 Å². The van der Waals surface area contributed by atoms with Crippen molar-refractivity contribution in [2.24, 2.45) is 5.92 Å². The summed E-state index contributed by atoms with van der Waals surface area (Å²) in [5.41, 5.74) is 1.78. The summed E-state index contributed by atoms with van der Waals surface area (Å²) < 4.78 is 0. The molecule has 2 rings (SSSR count). The molecule has 1 atom stereocenters. The Labute approximate surface area is 89.1 Å². The Kier molecular flexibility index (Phi) is 2.42. The summed E-state index contributed by atoms with van der Waals surface area (Å²) in [5, 5.41) is 0. The second-order valence-corrected chi connectivity index (χ2v) is 3.73. The quantitative estimate of drug-likeness (QED) is 0.641. The molecule has 0 bridgehead atoms. The lowest BCUT2D eigenvalue weighted by Gasteiger charge is -2.15. The molecule has 1 amide bonds. The van der Waals surface area contributed by atoms with Crippen LogP contribution in [-0.2, 0) is 4.79 Å². The molecular formula is C12H12N2O. The molecule has 1 aliphatic rings. The number of nitrogens with zero attached hydrogens (tertiary/aromatic N) is 2. The molecule has 2 heterocycles. The van der Waals surface area contributed by atoms with Crippen LogP contribution in [0.25, 0.3) is 0 Å². The number of amides is 1. The first-order chi connectivity index (χ1) is 7.20. The predicted octanol–water partition coefficient (Wildman–Crippen LogP) is 1.38. The van der Waals surface area contributed by atoms with Gasteiger partial charge >= 0.3 is 0 Å². The van der Waals surface area contributed by atoms with Crippen molar-refractivity contribution in [2.45, 2.75) is 13.3 Å². The van der Waals surface area contributed by atoms with Crippen molar-refractivity contribution in [1.29, 1.82) is 0 Å². The number of aryl methyl sites for hydroxylation is 1. The van der Waals surface area contributed by atoms with E-state index in [1.54, 1.807) is 11.1 Å². The SMILES string of the molecule is C#CC1CC(=O)N(c2ccc(C)nc2)C1. The highest BCUT2D eigenvalue weighted by atomic mass is 16.2. The van der Waals surface area contributed by atoms with Crippen LogP contribution >= 0.6 is 0 Å². The monoisotopic (exact) mass is 200 g/mol. The van der Waals surface area contributed by atoms with Crippen LogP contribution in [0.2, 0.25) is 0 Å². The van der Waals surface area contributed by atoms with E-state index in [4.69, 9.17) is 6.42 Å². The van der Waals surface area contributed by atoms with Gasteiger partial charge in [0.15, 0.2) is 0 Å². The van der Waals surface area contributed by atoms with Crippen LogP contribution in [-0.4, -0.2) is 17.4 Å². The fourth-order valence-electron chi connectivity index (χ4n) is 1.69. The highest BCUT2D eigenvalue weighted by Gasteiger charge is 2.29. The Morgan fingerprint density at radius 2 is 2.40 bits per heavy atom. The first kappa shape index (κ1) is 9.72. The van der Waals surface area contributed by atoms with Gasteiger partial charge in [0.1, 0.15) is 0 Å². The summed E-state index contributed by atoms with van der Waals surface area (Å²) in [6, 6.07) is 3.80. The minimum Gasteiger partial charge on any atom is -0.310 e. The number of hydrogen-bond donors (Lipinski definition) is 0. The Hall–Kier alpha value is -1.82. The van der Waals surface area contributed by atoms with E-state index in [1.165, 1.54) is 0 Å². The number of carbonyl (C=O) groups excluding carboxylic acids is 1. The molecular weight excluding hydrogens is 188 g/mol. The van der Waals surface area contributed by atoms with E-state index in [0.29, 0.717) is 13.0 Å². The standard InChI is InChI=1S/C12H12N2O/c1-3-10-6-12(15)14(8-10)11-5-4-9(2)13-7-11/h1,4-5,7,10H,6,8H2,2H3. The van der Waals surface area contributed by atoms with Crippen LogP contribution in [0.4, 0.5) is 5.69 Å². The zero-order valence-corrected chi connectivity index (χ0v) is 8.60. The third-order valence-corrected chi connectivity index (χ3v) is 2.57. The second-order valence-electron chi connectivity index (χ2n) is 3.73. The molecule has 1 aromatic rings. The minimum absolute atomic E-state index is 0.0406. The van der Waals surface area contributed by atoms with Gasteiger partial charge in [-0.25, -0.2) is 0 Å². The summed E-state index contributed by atoms with van der Waals surface area (Å²) in [4.78, 5) is 17.5. The van der Waals surface area contributed by atoms with Gasteiger partial charge in [-0.3, -0.25) is 9.78 Å². The van der Waals surface area contributed by atoms with Gasteiger partial charge in [-0.1, -0.05) is 0 Å². The molecule has 0 aromatic carbocycles. The van der Waals surface area contributed by atoms with Gasteiger partial charge in [-0.2, -0.15) is 0 Å². The molecule has 3 heteroatoms. The molecule has 0 saturated carbocycles. The largest absolute Gasteiger partial charge is 0.310 e. The van der Waals surface area contributed by atoms with Crippen molar-refractivity contribution < 1.29 is 4.79 Å². The Morgan fingerprint density at radius 3 is 2.93 bits per heavy atom. The van der Waals surface area contributed by atoms with Crippen LogP contribution in [0.1, 0.15) is 12.1 Å². The molecule has 1 aliphatic heterocycles. The van der Waals surface area contributed by atoms with Gasteiger partial charge in [0.2, 0.25) is 5.91 Å². The normalized spacial score (nSPS) is 20.4. The number of carbonyl (C=O) groups is 1. The zero-order chi connectivity index (χ0) is 10.8. The van der Waals surface area contributed by atoms with Gasteiger partial charge in [0, 0.05) is 24.6 Å². The molecule has 0 spiro atoms. The molecule has 1 unspecified atom stereocenters. The zero-order valence-electron chi connectivity index (χ0n) is 8.60. The maximum absolute atomic E-state index is 11.6. The average molecular weight is 200 g/mol. The van der Waals surface area contributed by atoms with E-state index in [2.05, 4.69) is 10.9 Å². The third kappa shape index (κ3) is 1.84. The smallest absolute Gasteiger partial charge is 0.228 e. The number of pyridine rings is 1. The summed E-state index contributed by atoms with van der Waals surface area (Å²) >= 11 is 0. The van der Waals surface area contributed by atoms with Crippen LogP contribution in [0.5, 0.6) is 0 Å². The minimum atomic E-state index is 0.0406. The van der Waals surface area contributed by atoms with Crippen molar-refractivity contribution in [3.8, 4) is 12.3 Å². The Bertz CT molecular complexity index is 416. The lowest BCUT2D eigenvalue weighted by molar-refractivity contribution is -0.117. The first-order valence-corrected chi connectivity index (χ1v) is 4.90. The van der Waals surface area contributed by atoms with E-state index >= 15 is 0 Å². The average Bonchev–Trinajstić information content (AvgIpc) is 2.61. The maximum Gasteiger partial charge on any atom is 0.228 e. The van der Waals surface area contributed by atoms with Crippen molar-refractivity contribution in [3.63, 3.8) is 0 Å². The van der Waals surface area contributed by atoms with Crippen LogP contribution in [0.3, 0.4) is 0 Å². The molecule has 3 nitrogen and oxygen atoms in total. The fourth-order valence-corrected chi connectivity index (χ4v) is 1.69. The molecule has 1 aromatic heterocycles. The van der Waals surface area contributed by atoms with Crippen molar-refractivity contribution >= 4 is 11.6 Å². The van der Waals surface area contributed by atoms with Gasteiger partial charge in [0.05, 0.1) is 11.9 Å². The topological polar surface area (TPSA) is 33.2 Å². The second kappa shape index (κ2) is 3.74. The van der Waals surface area contributed by atoms with E-state index in [0.717, 1.165) is 11.4 Å². The molecule has 0 radical (unpaired) electrons. The molecule has 1 fully saturated rings. The van der Waals surface area contributed by atoms with Crippen LogP contribution in [0.15, 0.2) is 18.3 Å². The number of hydrogen-bond acceptors (Lipinski definition) is 2. The van der Waals surface area contributed by atoms with Crippen LogP contribution < -0.4 is 4.90 Å². The van der Waals surface area contributed by atoms with Crippen molar-refractivity contribution in [2.75, 3.05) is 11.4 Å². The lowest BCUT2D eigenvalue weighted by Crippen LogP contribution is -2.24. The number of aromatic nitrogens is 1. The summed E-state index contributed by atoms with van der Waals surface area (Å²) in [6.45, 7) is 2.53. The highest BCUT2D eigenvalue weighted by Crippen LogP contribution is 2.23. The summed E-state index contributed by atoms with van der Waals surface area (Å²) in [6.07, 6.45) is 7.48. The van der Waals surface area contributed by atoms with Gasteiger partial charge in [-0.05, 0) is 19.1 Å². The molecule has 0 N–H and O–H groups in total. The highest BCUT2D eigenvalue weighted by molar-refractivity contribution is 5.95. The summed E-state index contributed by atoms with van der Waals surface area (Å²) in [7, 11) is 0. The summed E-state index contributed by atoms with van der Waals surface area (Å²) in [5.74, 6) is 2.75. The van der Waals surface area contributed by atoms with Gasteiger partial charge in [-0.15, -0.1) is 12.3 Å². The Balaban J connectivity index is 2.22. The maximum atomic E-state index is 11.6. The van der Waals surface area contributed by atoms with E-state index in [1.807, 2.05) is 19.1 Å². The number of anilines is 1. The molecule has 0 aliphatic carbocycles. The van der Waals surface area contributed by atoms with E-state index in [-0.39, 0.29) is 11.8 Å². The first-order valence-electron chi connectivity index (χ1n) is 4.90. The van der Waals surface area contributed by atoms with Crippen molar-refractivity contribution in [1.82, 2.24) is 4.98 Å². The number of terminal acetylenes is 1. The number of rotatable bonds is 1. The third-order valence-electron chi connectivity index (χ3n) is 2.57. The van der Waals surface area contributed by atoms with Gasteiger partial charge < -0.3 is 4.90 Å². The fraction of sp³-hybridized carbons (Fsp3) is 0.333. The van der Waals surface area contributed by atoms with E-state index < -0.39 is 0 Å². The molecule has 1 saturated heterocycles. The van der Waals surface area contributed by atoms with E-state index in [9.17, 15) is 4.79 Å². The van der Waals surface area contributed by atoms with Crippen LogP contribution in [0, 0.1) is 25.2 Å². The predicted molar refractivity (Wildman–Crippen MR) is 58.3 cm³/mol. The molecule has 15 heavy (non-hydrogen) atoms.